The van der Waals surface area contributed by atoms with Gasteiger partial charge in [-0.3, -0.25) is 14.6 Å². The van der Waals surface area contributed by atoms with E-state index in [1.54, 1.807) is 0 Å². The number of piperazine rings is 1. The predicted molar refractivity (Wildman–Crippen MR) is 137 cm³/mol. The summed E-state index contributed by atoms with van der Waals surface area (Å²) in [7, 11) is 0. The number of benzene rings is 2. The van der Waals surface area contributed by atoms with Crippen molar-refractivity contribution < 1.29 is 9.18 Å². The average molecular weight is 486 g/mol. The van der Waals surface area contributed by atoms with Gasteiger partial charge in [0.05, 0.1) is 17.2 Å². The van der Waals surface area contributed by atoms with Crippen molar-refractivity contribution in [2.24, 2.45) is 0 Å². The number of hydrogen-bond acceptors (Lipinski definition) is 5. The molecule has 1 atom stereocenters. The Balaban J connectivity index is 1.12. The molecule has 2 saturated heterocycles. The van der Waals surface area contributed by atoms with Crippen molar-refractivity contribution in [2.45, 2.75) is 25.6 Å². The maximum Gasteiger partial charge on any atom is 0.255 e. The molecule has 7 heteroatoms. The second-order valence-corrected chi connectivity index (χ2v) is 9.86. The van der Waals surface area contributed by atoms with Gasteiger partial charge in [0.2, 0.25) is 0 Å². The van der Waals surface area contributed by atoms with E-state index < -0.39 is 0 Å². The summed E-state index contributed by atoms with van der Waals surface area (Å²) in [5.41, 5.74) is 3.77. The Kier molecular flexibility index (Phi) is 7.45. The van der Waals surface area contributed by atoms with Crippen molar-refractivity contribution in [2.75, 3.05) is 45.8 Å². The predicted octanol–water partition coefficient (Wildman–Crippen LogP) is 3.37. The van der Waals surface area contributed by atoms with E-state index in [1.165, 1.54) is 17.7 Å². The molecule has 0 saturated carbocycles. The van der Waals surface area contributed by atoms with Crippen LogP contribution in [0.25, 0.3) is 0 Å². The van der Waals surface area contributed by atoms with Gasteiger partial charge in [0, 0.05) is 71.1 Å². The van der Waals surface area contributed by atoms with E-state index in [0.717, 1.165) is 63.4 Å². The summed E-state index contributed by atoms with van der Waals surface area (Å²) in [6, 6.07) is 17.0. The summed E-state index contributed by atoms with van der Waals surface area (Å²) in [6.45, 7) is 7.51. The molecule has 0 aromatic heterocycles. The summed E-state index contributed by atoms with van der Waals surface area (Å²) in [4.78, 5) is 22.3. The van der Waals surface area contributed by atoms with Crippen molar-refractivity contribution in [1.29, 1.82) is 5.26 Å². The summed E-state index contributed by atoms with van der Waals surface area (Å²) in [5.74, 6) is -0.113. The van der Waals surface area contributed by atoms with Crippen molar-refractivity contribution in [1.82, 2.24) is 19.6 Å². The molecule has 36 heavy (non-hydrogen) atoms. The molecule has 0 N–H and O–H groups in total. The van der Waals surface area contributed by atoms with E-state index in [0.29, 0.717) is 24.7 Å². The zero-order valence-corrected chi connectivity index (χ0v) is 20.5. The number of amides is 1. The van der Waals surface area contributed by atoms with Crippen LogP contribution in [0.3, 0.4) is 0 Å². The number of hydrogen-bond donors (Lipinski definition) is 0. The summed E-state index contributed by atoms with van der Waals surface area (Å²) < 4.78 is 13.2. The van der Waals surface area contributed by atoms with Crippen LogP contribution in [-0.4, -0.2) is 77.4 Å². The van der Waals surface area contributed by atoms with Crippen LogP contribution in [0.5, 0.6) is 0 Å². The van der Waals surface area contributed by atoms with Crippen LogP contribution >= 0.6 is 0 Å². The summed E-state index contributed by atoms with van der Waals surface area (Å²) in [6.07, 6.45) is 7.20. The molecular formula is C29H32FN5O. The van der Waals surface area contributed by atoms with Gasteiger partial charge >= 0.3 is 0 Å². The molecule has 0 aliphatic carbocycles. The Morgan fingerprint density at radius 3 is 2.28 bits per heavy atom. The number of nitriles is 1. The van der Waals surface area contributed by atoms with Gasteiger partial charge in [-0.1, -0.05) is 36.4 Å². The number of carbonyl (C=O) groups is 1. The van der Waals surface area contributed by atoms with Crippen LogP contribution in [0.15, 0.2) is 72.5 Å². The lowest BCUT2D eigenvalue weighted by Gasteiger charge is -2.36. The first kappa shape index (κ1) is 24.2. The number of carbonyl (C=O) groups excluding carboxylic acids is 1. The van der Waals surface area contributed by atoms with Crippen LogP contribution in [-0.2, 0) is 17.9 Å². The molecule has 2 aromatic rings. The topological polar surface area (TPSA) is 53.8 Å². The van der Waals surface area contributed by atoms with E-state index in [2.05, 4.69) is 33.0 Å². The molecule has 5 rings (SSSR count). The van der Waals surface area contributed by atoms with Crippen LogP contribution in [0, 0.1) is 17.1 Å². The second kappa shape index (κ2) is 11.1. The number of nitrogens with zero attached hydrogens (tertiary/aromatic N) is 5. The lowest BCUT2D eigenvalue weighted by atomic mass is 10.1. The minimum atomic E-state index is -0.214. The molecule has 2 fully saturated rings. The fourth-order valence-electron chi connectivity index (χ4n) is 5.27. The Morgan fingerprint density at radius 2 is 1.58 bits per heavy atom. The highest BCUT2D eigenvalue weighted by atomic mass is 19.1. The van der Waals surface area contributed by atoms with Gasteiger partial charge in [0.1, 0.15) is 5.82 Å². The second-order valence-electron chi connectivity index (χ2n) is 9.86. The Bertz CT molecular complexity index is 1160. The molecule has 3 heterocycles. The van der Waals surface area contributed by atoms with Crippen LogP contribution in [0.4, 0.5) is 4.39 Å². The number of rotatable bonds is 6. The molecule has 3 aliphatic rings. The quantitative estimate of drug-likeness (QED) is 0.628. The molecular weight excluding hydrogens is 453 g/mol. The van der Waals surface area contributed by atoms with Crippen molar-refractivity contribution in [3.63, 3.8) is 0 Å². The molecule has 1 amide bonds. The van der Waals surface area contributed by atoms with Gasteiger partial charge in [0.15, 0.2) is 0 Å². The lowest BCUT2D eigenvalue weighted by Crippen LogP contribution is -2.49. The van der Waals surface area contributed by atoms with Gasteiger partial charge < -0.3 is 9.80 Å². The largest absolute Gasteiger partial charge is 0.369 e. The van der Waals surface area contributed by atoms with Crippen molar-refractivity contribution >= 4 is 5.91 Å². The van der Waals surface area contributed by atoms with Gasteiger partial charge in [-0.25, -0.2) is 4.39 Å². The Morgan fingerprint density at radius 1 is 0.917 bits per heavy atom. The van der Waals surface area contributed by atoms with Crippen molar-refractivity contribution in [3.8, 4) is 6.07 Å². The lowest BCUT2D eigenvalue weighted by molar-refractivity contribution is -0.128. The summed E-state index contributed by atoms with van der Waals surface area (Å²) in [5, 5.41) is 8.99. The van der Waals surface area contributed by atoms with Gasteiger partial charge in [-0.15, -0.1) is 0 Å². The first-order valence-electron chi connectivity index (χ1n) is 12.7. The molecule has 2 aromatic carbocycles. The van der Waals surface area contributed by atoms with E-state index in [4.69, 9.17) is 5.26 Å². The molecule has 6 nitrogen and oxygen atoms in total. The fourth-order valence-corrected chi connectivity index (χ4v) is 5.27. The zero-order chi connectivity index (χ0) is 24.9. The molecule has 0 spiro atoms. The monoisotopic (exact) mass is 485 g/mol. The van der Waals surface area contributed by atoms with E-state index in [1.807, 2.05) is 47.4 Å². The maximum absolute atomic E-state index is 13.3. The highest BCUT2D eigenvalue weighted by Crippen LogP contribution is 2.22. The van der Waals surface area contributed by atoms with Crippen molar-refractivity contribution in [3.05, 3.63) is 95.0 Å². The first-order valence-corrected chi connectivity index (χ1v) is 12.7. The van der Waals surface area contributed by atoms with Gasteiger partial charge in [-0.05, 0) is 41.8 Å². The third-order valence-corrected chi connectivity index (χ3v) is 7.35. The highest BCUT2D eigenvalue weighted by Gasteiger charge is 2.29. The molecule has 0 radical (unpaired) electrons. The minimum Gasteiger partial charge on any atom is -0.369 e. The average Bonchev–Trinajstić information content (AvgIpc) is 3.39. The fraction of sp³-hybridized carbons (Fsp3) is 0.379. The SMILES string of the molecule is N#Cc1ccc(CN2CC[C@H](N3C=C(C(=O)N4CCN(Cc5ccc(F)cc5)CC4)C=CC3)C2)cc1. The Hall–Kier alpha value is -3.47. The molecule has 3 aliphatic heterocycles. The van der Waals surface area contributed by atoms with E-state index in [-0.39, 0.29) is 11.7 Å². The Labute approximate surface area is 212 Å². The normalized spacial score (nSPS) is 20.9. The van der Waals surface area contributed by atoms with Gasteiger partial charge in [-0.2, -0.15) is 5.26 Å². The molecule has 186 valence electrons. The van der Waals surface area contributed by atoms with E-state index >= 15 is 0 Å². The summed E-state index contributed by atoms with van der Waals surface area (Å²) >= 11 is 0. The molecule has 0 bridgehead atoms. The van der Waals surface area contributed by atoms with Crippen LogP contribution in [0.2, 0.25) is 0 Å². The van der Waals surface area contributed by atoms with E-state index in [9.17, 15) is 9.18 Å². The van der Waals surface area contributed by atoms with Gasteiger partial charge in [0.25, 0.3) is 5.91 Å². The minimum absolute atomic E-state index is 0.102. The maximum atomic E-state index is 13.3. The standard InChI is InChI=1S/C29H32FN5O/c30-27-9-7-25(8-10-27)19-32-14-16-34(17-15-32)29(36)26-2-1-12-35(21-26)28-11-13-33(22-28)20-24-5-3-23(18-31)4-6-24/h1-10,21,28H,11-17,19-20,22H2/t28-/m0/s1. The number of likely N-dealkylation sites (tertiary alicyclic amines) is 1. The van der Waals surface area contributed by atoms with Crippen LogP contribution in [0.1, 0.15) is 23.1 Å². The third kappa shape index (κ3) is 5.84. The highest BCUT2D eigenvalue weighted by molar-refractivity contribution is 5.96. The first-order chi connectivity index (χ1) is 17.6. The molecule has 0 unspecified atom stereocenters. The van der Waals surface area contributed by atoms with Crippen LogP contribution < -0.4 is 0 Å². The zero-order valence-electron chi connectivity index (χ0n) is 20.5. The smallest absolute Gasteiger partial charge is 0.255 e. The third-order valence-electron chi connectivity index (χ3n) is 7.35. The number of halogens is 1.